The topological polar surface area (TPSA) is 70.8 Å². The molecule has 3 aromatic rings. The largest absolute Gasteiger partial charge is 0.490 e. The maximum Gasteiger partial charge on any atom is 0.394 e. The lowest BCUT2D eigenvalue weighted by Gasteiger charge is -2.45. The van der Waals surface area contributed by atoms with Crippen LogP contribution in [0.3, 0.4) is 0 Å². The number of carbonyl (C=O) groups excluding carboxylic acids is 1. The predicted octanol–water partition coefficient (Wildman–Crippen LogP) is 10.8. The fourth-order valence-electron chi connectivity index (χ4n) is 8.57. The third-order valence-corrected chi connectivity index (χ3v) is 22.2. The summed E-state index contributed by atoms with van der Waals surface area (Å²) in [4.78, 5) is 12.2. The van der Waals surface area contributed by atoms with Crippen molar-refractivity contribution in [1.29, 1.82) is 0 Å². The van der Waals surface area contributed by atoms with Crippen LogP contribution in [0.25, 0.3) is 0 Å². The second-order valence-electron chi connectivity index (χ2n) is 18.5. The van der Waals surface area contributed by atoms with Crippen LogP contribution in [-0.2, 0) is 15.3 Å². The summed E-state index contributed by atoms with van der Waals surface area (Å²) in [5.41, 5.74) is 7.10. The number of unbranched alkanes of at least 4 members (excludes halogenated alkanes) is 1. The Bertz CT molecular complexity index is 1750. The molecule has 1 heterocycles. The Morgan fingerprint density at radius 2 is 1.54 bits per heavy atom. The second kappa shape index (κ2) is 17.3. The van der Waals surface area contributed by atoms with E-state index in [0.717, 1.165) is 35.2 Å². The molecule has 0 aromatic heterocycles. The molecule has 1 aliphatic carbocycles. The molecule has 1 amide bonds. The van der Waals surface area contributed by atoms with E-state index in [9.17, 15) is 4.79 Å². The van der Waals surface area contributed by atoms with Crippen LogP contribution in [0.15, 0.2) is 91.0 Å². The monoisotopic (exact) mass is 807 g/mol. The third-order valence-electron chi connectivity index (χ3n) is 12.7. The molecule has 5 rings (SSSR count). The number of hydrogen-bond acceptors (Lipinski definition) is 4. The van der Waals surface area contributed by atoms with Gasteiger partial charge in [-0.1, -0.05) is 140 Å². The van der Waals surface area contributed by atoms with Crippen LogP contribution in [0.4, 0.5) is 13.2 Å². The molecule has 2 unspecified atom stereocenters. The summed E-state index contributed by atoms with van der Waals surface area (Å²) in [6, 6.07) is 26.3. The number of carbonyl (C=O) groups is 1. The summed E-state index contributed by atoms with van der Waals surface area (Å²) in [6.45, 7) is 18.9. The van der Waals surface area contributed by atoms with E-state index in [1.807, 2.05) is 44.3 Å². The molecule has 2 N–H and O–H groups in total. The number of nitrogens with two attached hydrogens (primary N) is 1. The molecule has 1 aliphatic heterocycles. The number of fused-ring (bicyclic) bond motifs is 2. The molecule has 3 aromatic carbocycles. The summed E-state index contributed by atoms with van der Waals surface area (Å²) < 4.78 is 66.8. The van der Waals surface area contributed by atoms with Gasteiger partial charge in [-0.3, -0.25) is 4.79 Å². The highest BCUT2D eigenvalue weighted by atomic mass is 28.4. The maximum atomic E-state index is 15.1. The van der Waals surface area contributed by atoms with E-state index in [1.165, 1.54) is 0 Å². The zero-order chi connectivity index (χ0) is 41.1. The molecule has 306 valence electrons. The van der Waals surface area contributed by atoms with E-state index in [0.29, 0.717) is 30.6 Å². The SMILES string of the molecule is CCCCC(C(/C=C/[C@@H]1[C@H]2CCCc3ccc(C(N)=O)cc3O[C@H]2C[C@H]1O[Si](c1ccccc1)(c1ccccc1)C(C)(C)C)O[Si](C)(C)C(C)(C)C)C(F)(F)F. The van der Waals surface area contributed by atoms with E-state index >= 15 is 13.2 Å². The number of hydrogen-bond donors (Lipinski definition) is 1. The molecule has 10 heteroatoms. The van der Waals surface area contributed by atoms with Crippen molar-refractivity contribution in [3.8, 4) is 5.75 Å². The zero-order valence-electron chi connectivity index (χ0n) is 34.9. The van der Waals surface area contributed by atoms with Crippen molar-refractivity contribution >= 4 is 32.9 Å². The van der Waals surface area contributed by atoms with Crippen molar-refractivity contribution in [2.75, 3.05) is 0 Å². The first-order chi connectivity index (χ1) is 26.2. The Balaban J connectivity index is 1.68. The lowest BCUT2D eigenvalue weighted by atomic mass is 9.86. The molecule has 1 fully saturated rings. The van der Waals surface area contributed by atoms with Gasteiger partial charge in [0.1, 0.15) is 11.9 Å². The van der Waals surface area contributed by atoms with Crippen molar-refractivity contribution in [2.24, 2.45) is 23.5 Å². The number of aryl methyl sites for hydroxylation is 1. The van der Waals surface area contributed by atoms with Gasteiger partial charge in [0.25, 0.3) is 8.32 Å². The van der Waals surface area contributed by atoms with Gasteiger partial charge >= 0.3 is 6.18 Å². The smallest absolute Gasteiger partial charge is 0.394 e. The summed E-state index contributed by atoms with van der Waals surface area (Å²) in [7, 11) is -5.72. The van der Waals surface area contributed by atoms with Crippen molar-refractivity contribution in [1.82, 2.24) is 0 Å². The lowest BCUT2D eigenvalue weighted by Crippen LogP contribution is -2.68. The number of benzene rings is 3. The Morgan fingerprint density at radius 1 is 0.929 bits per heavy atom. The van der Waals surface area contributed by atoms with Gasteiger partial charge in [-0.2, -0.15) is 13.2 Å². The molecule has 2 aliphatic rings. The molecule has 0 saturated heterocycles. The van der Waals surface area contributed by atoms with Gasteiger partial charge in [0.2, 0.25) is 5.91 Å². The number of rotatable bonds is 13. The first kappa shape index (κ1) is 43.9. The number of primary amides is 1. The summed E-state index contributed by atoms with van der Waals surface area (Å²) in [6.07, 6.45) is 1.62. The van der Waals surface area contributed by atoms with E-state index in [4.69, 9.17) is 19.3 Å². The molecular formula is C46H64F3NO4Si2. The number of ether oxygens (including phenoxy) is 1. The average molecular weight is 808 g/mol. The van der Waals surface area contributed by atoms with Crippen molar-refractivity contribution in [3.63, 3.8) is 0 Å². The average Bonchev–Trinajstić information content (AvgIpc) is 3.41. The fraction of sp³-hybridized carbons (Fsp3) is 0.543. The lowest BCUT2D eigenvalue weighted by molar-refractivity contribution is -0.194. The highest BCUT2D eigenvalue weighted by Crippen LogP contribution is 2.48. The van der Waals surface area contributed by atoms with E-state index in [1.54, 1.807) is 18.2 Å². The molecule has 0 bridgehead atoms. The second-order valence-corrected chi connectivity index (χ2v) is 27.6. The minimum Gasteiger partial charge on any atom is -0.490 e. The molecule has 56 heavy (non-hydrogen) atoms. The van der Waals surface area contributed by atoms with Crippen LogP contribution in [0.1, 0.15) is 103 Å². The van der Waals surface area contributed by atoms with Gasteiger partial charge in [-0.15, -0.1) is 0 Å². The van der Waals surface area contributed by atoms with Crippen molar-refractivity contribution in [2.45, 2.75) is 141 Å². The Morgan fingerprint density at radius 3 is 2.05 bits per heavy atom. The van der Waals surface area contributed by atoms with Crippen LogP contribution in [0.5, 0.6) is 5.75 Å². The van der Waals surface area contributed by atoms with Crippen molar-refractivity contribution in [3.05, 3.63) is 102 Å². The fourth-order valence-corrected chi connectivity index (χ4v) is 14.6. The number of halogens is 3. The molecule has 6 atom stereocenters. The van der Waals surface area contributed by atoms with Crippen LogP contribution in [-0.4, -0.2) is 47.0 Å². The Labute approximate surface area is 335 Å². The minimum absolute atomic E-state index is 0.00440. The van der Waals surface area contributed by atoms with Gasteiger partial charge in [0.05, 0.1) is 18.1 Å². The molecular weight excluding hydrogens is 744 g/mol. The maximum absolute atomic E-state index is 15.1. The van der Waals surface area contributed by atoms with E-state index in [2.05, 4.69) is 90.1 Å². The highest BCUT2D eigenvalue weighted by molar-refractivity contribution is 6.99. The normalized spacial score (nSPS) is 22.1. The summed E-state index contributed by atoms with van der Waals surface area (Å²) in [5.74, 6) is -1.82. The summed E-state index contributed by atoms with van der Waals surface area (Å²) >= 11 is 0. The molecule has 1 saturated carbocycles. The minimum atomic E-state index is -4.43. The van der Waals surface area contributed by atoms with E-state index in [-0.39, 0.29) is 40.5 Å². The number of alkyl halides is 3. The Kier molecular flexibility index (Phi) is 13.6. The van der Waals surface area contributed by atoms with Gasteiger partial charge in [0, 0.05) is 23.8 Å². The highest BCUT2D eigenvalue weighted by Gasteiger charge is 2.55. The van der Waals surface area contributed by atoms with Crippen LogP contribution >= 0.6 is 0 Å². The van der Waals surface area contributed by atoms with Gasteiger partial charge in [-0.05, 0) is 76.9 Å². The van der Waals surface area contributed by atoms with Gasteiger partial charge in [0.15, 0.2) is 8.32 Å². The van der Waals surface area contributed by atoms with Crippen LogP contribution in [0, 0.1) is 17.8 Å². The summed E-state index contributed by atoms with van der Waals surface area (Å²) in [5, 5.41) is 1.68. The molecule has 5 nitrogen and oxygen atoms in total. The van der Waals surface area contributed by atoms with Gasteiger partial charge < -0.3 is 19.3 Å². The van der Waals surface area contributed by atoms with Crippen molar-refractivity contribution < 1.29 is 31.6 Å². The number of amides is 1. The molecule has 0 radical (unpaired) electrons. The molecule has 0 spiro atoms. The Hall–Kier alpha value is -3.19. The van der Waals surface area contributed by atoms with E-state index < -0.39 is 40.7 Å². The predicted molar refractivity (Wildman–Crippen MR) is 227 cm³/mol. The van der Waals surface area contributed by atoms with Gasteiger partial charge in [-0.25, -0.2) is 0 Å². The van der Waals surface area contributed by atoms with Crippen LogP contribution in [0.2, 0.25) is 23.2 Å². The third kappa shape index (κ3) is 9.57. The quantitative estimate of drug-likeness (QED) is 0.138. The van der Waals surface area contributed by atoms with Crippen LogP contribution < -0.4 is 20.8 Å². The standard InChI is InChI=1S/C46H64F3NO4Si2/c1-10-11-25-38(46(47,48)49)39(53-55(8,9)44(2,3)4)29-28-37-36-24-18-19-32-26-27-33(43(50)51)30-40(32)52-41(36)31-42(37)54-56(45(5,6)7,34-20-14-12-15-21-34)35-22-16-13-17-23-35/h12-17,20-23,26-30,36-39,41-42H,10-11,18-19,24-25,31H2,1-9H3,(H2,50,51)/b29-28+/t36-,37-,38?,39?,41+,42-/m1/s1. The first-order valence-electron chi connectivity index (χ1n) is 20.5. The zero-order valence-corrected chi connectivity index (χ0v) is 36.9. The first-order valence-corrected chi connectivity index (χ1v) is 25.3.